The van der Waals surface area contributed by atoms with Gasteiger partial charge in [-0.1, -0.05) is 29.3 Å². The van der Waals surface area contributed by atoms with Gasteiger partial charge in [-0.25, -0.2) is 4.98 Å². The van der Waals surface area contributed by atoms with Gasteiger partial charge in [0.25, 0.3) is 0 Å². The first-order chi connectivity index (χ1) is 18.5. The van der Waals surface area contributed by atoms with Crippen molar-refractivity contribution in [2.24, 2.45) is 11.7 Å². The van der Waals surface area contributed by atoms with Crippen molar-refractivity contribution in [1.82, 2.24) is 20.1 Å². The number of halogens is 5. The number of carbonyl (C=O) groups excluding carboxylic acids is 1. The van der Waals surface area contributed by atoms with Crippen LogP contribution in [0.4, 0.5) is 13.2 Å². The van der Waals surface area contributed by atoms with Crippen molar-refractivity contribution in [3.05, 3.63) is 68.5 Å². The van der Waals surface area contributed by atoms with Gasteiger partial charge in [-0.15, -0.1) is 0 Å². The molecule has 0 spiro atoms. The Morgan fingerprint density at radius 2 is 1.97 bits per heavy atom. The molecule has 4 N–H and O–H groups in total. The lowest BCUT2D eigenvalue weighted by molar-refractivity contribution is -0.141. The molecule has 12 heteroatoms. The summed E-state index contributed by atoms with van der Waals surface area (Å²) in [5, 5.41) is 10.9. The number of nitrogens with one attached hydrogen (secondary N) is 2. The fourth-order valence-electron chi connectivity index (χ4n) is 5.70. The van der Waals surface area contributed by atoms with Crippen LogP contribution in [0.15, 0.2) is 35.9 Å². The molecule has 0 radical (unpaired) electrons. The second-order valence-corrected chi connectivity index (χ2v) is 11.1. The molecule has 3 heterocycles. The van der Waals surface area contributed by atoms with Gasteiger partial charge in [0.05, 0.1) is 10.9 Å². The second kappa shape index (κ2) is 11.0. The molecule has 0 saturated carbocycles. The first-order valence-corrected chi connectivity index (χ1v) is 13.6. The van der Waals surface area contributed by atoms with Crippen molar-refractivity contribution in [3.8, 4) is 0 Å². The first-order valence-electron chi connectivity index (χ1n) is 12.9. The van der Waals surface area contributed by atoms with E-state index in [1.807, 2.05) is 18.2 Å². The number of carbonyl (C=O) groups is 1. The van der Waals surface area contributed by atoms with Crippen LogP contribution >= 0.6 is 23.2 Å². The van der Waals surface area contributed by atoms with Crippen molar-refractivity contribution in [1.29, 1.82) is 5.41 Å². The molecule has 1 fully saturated rings. The molecule has 7 nitrogen and oxygen atoms in total. The van der Waals surface area contributed by atoms with Crippen LogP contribution in [0.3, 0.4) is 0 Å². The number of alkyl halides is 3. The van der Waals surface area contributed by atoms with E-state index in [0.717, 1.165) is 24.9 Å². The van der Waals surface area contributed by atoms with E-state index in [2.05, 4.69) is 15.2 Å². The summed E-state index contributed by atoms with van der Waals surface area (Å²) >= 11 is 12.0. The van der Waals surface area contributed by atoms with Gasteiger partial charge in [0.2, 0.25) is 5.91 Å². The molecule has 1 aromatic carbocycles. The predicted octanol–water partition coefficient (Wildman–Crippen LogP) is 4.37. The highest BCUT2D eigenvalue weighted by molar-refractivity contribution is 6.31. The number of aromatic nitrogens is 1. The first kappa shape index (κ1) is 27.7. The Morgan fingerprint density at radius 1 is 1.21 bits per heavy atom. The smallest absolute Gasteiger partial charge is 0.370 e. The lowest BCUT2D eigenvalue weighted by atomic mass is 9.92. The Balaban J connectivity index is 1.28. The van der Waals surface area contributed by atoms with Crippen molar-refractivity contribution in [2.75, 3.05) is 32.7 Å². The fourth-order valence-corrected chi connectivity index (χ4v) is 6.09. The van der Waals surface area contributed by atoms with Crippen LogP contribution in [0.2, 0.25) is 10.0 Å². The summed E-state index contributed by atoms with van der Waals surface area (Å²) in [5.41, 5.74) is 9.67. The van der Waals surface area contributed by atoms with Gasteiger partial charge < -0.3 is 16.0 Å². The number of likely N-dealkylation sites (tertiary alicyclic amines) is 1. The summed E-state index contributed by atoms with van der Waals surface area (Å²) in [6.07, 6.45) is -2.02. The maximum absolute atomic E-state index is 13.2. The van der Waals surface area contributed by atoms with Gasteiger partial charge in [0.1, 0.15) is 0 Å². The van der Waals surface area contributed by atoms with E-state index in [4.69, 9.17) is 34.3 Å². The number of hydrogen-bond acceptors (Lipinski definition) is 4. The number of pyridine rings is 1. The van der Waals surface area contributed by atoms with Crippen LogP contribution < -0.4 is 11.1 Å². The van der Waals surface area contributed by atoms with Crippen LogP contribution in [0, 0.1) is 11.3 Å². The van der Waals surface area contributed by atoms with Crippen molar-refractivity contribution >= 4 is 40.6 Å². The fraction of sp³-hybridized carbons (Fsp3) is 0.444. The van der Waals surface area contributed by atoms with Gasteiger partial charge in [-0.2, -0.15) is 13.2 Å². The average molecular weight is 581 g/mol. The molecule has 3 aliphatic rings. The van der Waals surface area contributed by atoms with Crippen molar-refractivity contribution in [3.63, 3.8) is 0 Å². The molecule has 2 aromatic rings. The maximum Gasteiger partial charge on any atom is 0.434 e. The minimum Gasteiger partial charge on any atom is -0.370 e. The van der Waals surface area contributed by atoms with Crippen molar-refractivity contribution in [2.45, 2.75) is 37.9 Å². The highest BCUT2D eigenvalue weighted by atomic mass is 35.5. The predicted molar refractivity (Wildman–Crippen MR) is 145 cm³/mol. The van der Waals surface area contributed by atoms with E-state index in [1.165, 1.54) is 28.8 Å². The number of hydrogen-bond donors (Lipinski definition) is 3. The largest absolute Gasteiger partial charge is 0.434 e. The summed E-state index contributed by atoms with van der Waals surface area (Å²) < 4.78 is 39.7. The molecule has 0 bridgehead atoms. The van der Waals surface area contributed by atoms with Crippen LogP contribution in [-0.4, -0.2) is 65.4 Å². The average Bonchev–Trinajstić information content (AvgIpc) is 3.20. The van der Waals surface area contributed by atoms with Gasteiger partial charge in [-0.3, -0.25) is 15.1 Å². The Labute approximate surface area is 234 Å². The summed E-state index contributed by atoms with van der Waals surface area (Å²) in [5.74, 6) is -0.311. The number of nitrogens with zero attached hydrogens (tertiary/aromatic N) is 3. The zero-order valence-corrected chi connectivity index (χ0v) is 22.6. The summed E-state index contributed by atoms with van der Waals surface area (Å²) in [6, 6.07) is 8.67. The lowest BCUT2D eigenvalue weighted by Gasteiger charge is -2.40. The van der Waals surface area contributed by atoms with E-state index in [9.17, 15) is 18.0 Å². The topological polar surface area (TPSA) is 98.3 Å². The molecule has 1 aliphatic carbocycles. The summed E-state index contributed by atoms with van der Waals surface area (Å²) in [6.45, 7) is 2.69. The monoisotopic (exact) mass is 580 g/mol. The van der Waals surface area contributed by atoms with Gasteiger partial charge >= 0.3 is 6.18 Å². The lowest BCUT2D eigenvalue weighted by Crippen LogP contribution is -2.58. The number of fused-ring (bicyclic) bond motifs is 2. The molecule has 1 unspecified atom stereocenters. The molecule has 208 valence electrons. The molecular formula is C27H29Cl2F3N6O. The van der Waals surface area contributed by atoms with E-state index in [1.54, 1.807) is 4.90 Å². The Hall–Kier alpha value is -2.82. The molecule has 5 rings (SSSR count). The maximum atomic E-state index is 13.2. The van der Waals surface area contributed by atoms with E-state index in [-0.39, 0.29) is 23.8 Å². The highest BCUT2D eigenvalue weighted by Crippen LogP contribution is 2.42. The van der Waals surface area contributed by atoms with Crippen molar-refractivity contribution < 1.29 is 18.0 Å². The molecule has 39 heavy (non-hydrogen) atoms. The number of guanidine groups is 1. The molecular weight excluding hydrogens is 552 g/mol. The third-order valence-corrected chi connectivity index (χ3v) is 8.31. The van der Waals surface area contributed by atoms with Crippen LogP contribution in [0.1, 0.15) is 35.4 Å². The van der Waals surface area contributed by atoms with E-state index in [0.29, 0.717) is 49.7 Å². The van der Waals surface area contributed by atoms with Crippen LogP contribution in [0.5, 0.6) is 0 Å². The third-order valence-electron chi connectivity index (χ3n) is 7.77. The summed E-state index contributed by atoms with van der Waals surface area (Å²) in [4.78, 5) is 20.5. The number of nitrogens with two attached hydrogens (primary N) is 1. The molecule has 1 aromatic heterocycles. The SMILES string of the molecule is N=C(N)N1CC(C(=O)NCC2C3=C(CCN2CCCc2ccc(Cl)c(C(F)(F)F)n2)c2cc(Cl)ccc2C3)C1. The zero-order valence-electron chi connectivity index (χ0n) is 21.1. The minimum absolute atomic E-state index is 0.0350. The summed E-state index contributed by atoms with van der Waals surface area (Å²) in [7, 11) is 0. The molecule has 1 saturated heterocycles. The van der Waals surface area contributed by atoms with E-state index < -0.39 is 16.9 Å². The number of rotatable bonds is 7. The van der Waals surface area contributed by atoms with Gasteiger partial charge in [-0.05, 0) is 78.8 Å². The van der Waals surface area contributed by atoms with Gasteiger partial charge in [0, 0.05) is 42.9 Å². The van der Waals surface area contributed by atoms with Crippen LogP contribution in [0.25, 0.3) is 5.57 Å². The number of aryl methyl sites for hydroxylation is 1. The standard InChI is InChI=1S/C27H29Cl2F3N6O/c28-17-4-3-15-10-21-19(20(15)11-17)7-9-37(23(21)12-35-25(39)16-13-38(14-16)26(33)34)8-1-2-18-5-6-22(29)24(36-18)27(30,31)32/h3-6,11,16,23H,1-2,7-10,12-14H2,(H3,33,34)(H,35,39). The molecule has 1 atom stereocenters. The Bertz CT molecular complexity index is 1330. The Kier molecular flexibility index (Phi) is 7.81. The van der Waals surface area contributed by atoms with Gasteiger partial charge in [0.15, 0.2) is 11.7 Å². The quantitative estimate of drug-likeness (QED) is 0.334. The Morgan fingerprint density at radius 3 is 2.69 bits per heavy atom. The number of amides is 1. The normalized spacial score (nSPS) is 19.5. The zero-order chi connectivity index (χ0) is 27.9. The van der Waals surface area contributed by atoms with E-state index >= 15 is 0 Å². The molecule has 2 aliphatic heterocycles. The molecule has 1 amide bonds. The number of benzene rings is 1. The minimum atomic E-state index is -4.60. The highest BCUT2D eigenvalue weighted by Gasteiger charge is 2.38. The third kappa shape index (κ3) is 5.88. The second-order valence-electron chi connectivity index (χ2n) is 10.3. The van der Waals surface area contributed by atoms with Crippen LogP contribution in [-0.2, 0) is 23.8 Å².